The van der Waals surface area contributed by atoms with E-state index in [1.165, 1.54) is 0 Å². The van der Waals surface area contributed by atoms with Crippen molar-refractivity contribution in [2.75, 3.05) is 12.3 Å². The Morgan fingerprint density at radius 1 is 1.56 bits per heavy atom. The maximum Gasteiger partial charge on any atom is 0.315 e. The summed E-state index contributed by atoms with van der Waals surface area (Å²) >= 11 is 0. The molecule has 6 heteroatoms. The summed E-state index contributed by atoms with van der Waals surface area (Å²) in [4.78, 5) is 11.3. The molecule has 1 aromatic heterocycles. The smallest absolute Gasteiger partial charge is 0.315 e. The Kier molecular flexibility index (Phi) is 4.63. The predicted octanol–water partition coefficient (Wildman–Crippen LogP) is 0.602. The lowest BCUT2D eigenvalue weighted by Gasteiger charge is -2.06. The van der Waals surface area contributed by atoms with Crippen LogP contribution in [0.2, 0.25) is 0 Å². The molecule has 16 heavy (non-hydrogen) atoms. The molecule has 6 nitrogen and oxygen atoms in total. The maximum absolute atomic E-state index is 11.3. The Morgan fingerprint density at radius 3 is 2.88 bits per heavy atom. The van der Waals surface area contributed by atoms with Crippen molar-refractivity contribution >= 4 is 11.8 Å². The average Bonchev–Trinajstić information content (AvgIpc) is 2.58. The second-order valence-corrected chi connectivity index (χ2v) is 3.64. The van der Waals surface area contributed by atoms with Gasteiger partial charge in [0.2, 0.25) is 0 Å². The zero-order chi connectivity index (χ0) is 12.0. The van der Waals surface area contributed by atoms with Crippen LogP contribution in [0.3, 0.4) is 0 Å². The molecule has 0 unspecified atom stereocenters. The van der Waals surface area contributed by atoms with E-state index in [2.05, 4.69) is 22.7 Å². The van der Waals surface area contributed by atoms with E-state index in [4.69, 9.17) is 5.73 Å². The molecule has 4 N–H and O–H groups in total. The molecule has 0 radical (unpaired) electrons. The quantitative estimate of drug-likeness (QED) is 0.641. The van der Waals surface area contributed by atoms with Crippen LogP contribution in [0.1, 0.15) is 25.3 Å². The summed E-state index contributed by atoms with van der Waals surface area (Å²) in [5, 5.41) is 9.48. The second kappa shape index (κ2) is 5.99. The van der Waals surface area contributed by atoms with Crippen molar-refractivity contribution in [2.24, 2.45) is 7.05 Å². The summed E-state index contributed by atoms with van der Waals surface area (Å²) in [5.74, 6) is 0.578. The minimum absolute atomic E-state index is 0.170. The molecule has 0 saturated heterocycles. The van der Waals surface area contributed by atoms with Gasteiger partial charge in [0.15, 0.2) is 0 Å². The number of hydrogen-bond acceptors (Lipinski definition) is 3. The summed E-state index contributed by atoms with van der Waals surface area (Å²) in [6.45, 7) is 3.18. The molecule has 0 atom stereocenters. The van der Waals surface area contributed by atoms with Crippen LogP contribution in [0.15, 0.2) is 6.20 Å². The number of hydrogen-bond donors (Lipinski definition) is 3. The normalized spacial score (nSPS) is 10.1. The SMILES string of the molecule is CCCCNC(=O)NCc1cnn(C)c1N. The van der Waals surface area contributed by atoms with E-state index in [1.807, 2.05) is 0 Å². The summed E-state index contributed by atoms with van der Waals surface area (Å²) in [7, 11) is 1.76. The molecule has 90 valence electrons. The lowest BCUT2D eigenvalue weighted by atomic mass is 10.3. The van der Waals surface area contributed by atoms with Crippen molar-refractivity contribution in [3.63, 3.8) is 0 Å². The molecule has 1 aromatic rings. The van der Waals surface area contributed by atoms with Gasteiger partial charge in [-0.15, -0.1) is 0 Å². The van der Waals surface area contributed by atoms with E-state index in [-0.39, 0.29) is 6.03 Å². The van der Waals surface area contributed by atoms with E-state index in [9.17, 15) is 4.79 Å². The predicted molar refractivity (Wildman–Crippen MR) is 62.8 cm³/mol. The van der Waals surface area contributed by atoms with Gasteiger partial charge in [-0.25, -0.2) is 4.79 Å². The highest BCUT2D eigenvalue weighted by Crippen LogP contribution is 2.07. The first-order valence-corrected chi connectivity index (χ1v) is 5.43. The van der Waals surface area contributed by atoms with E-state index in [0.29, 0.717) is 18.9 Å². The van der Waals surface area contributed by atoms with Gasteiger partial charge in [-0.3, -0.25) is 4.68 Å². The molecular weight excluding hydrogens is 206 g/mol. The number of carbonyl (C=O) groups is 1. The number of nitrogens with zero attached hydrogens (tertiary/aromatic N) is 2. The van der Waals surface area contributed by atoms with Crippen LogP contribution in [0, 0.1) is 0 Å². The van der Waals surface area contributed by atoms with Crippen LogP contribution in [-0.4, -0.2) is 22.4 Å². The molecule has 0 aliphatic carbocycles. The monoisotopic (exact) mass is 225 g/mol. The zero-order valence-corrected chi connectivity index (χ0v) is 9.79. The highest BCUT2D eigenvalue weighted by Gasteiger charge is 2.05. The molecule has 0 aliphatic heterocycles. The zero-order valence-electron chi connectivity index (χ0n) is 9.79. The first-order valence-electron chi connectivity index (χ1n) is 5.43. The Balaban J connectivity index is 2.29. The van der Waals surface area contributed by atoms with Crippen LogP contribution in [0.4, 0.5) is 10.6 Å². The van der Waals surface area contributed by atoms with E-state index < -0.39 is 0 Å². The van der Waals surface area contributed by atoms with Gasteiger partial charge in [0.1, 0.15) is 5.82 Å². The van der Waals surface area contributed by atoms with Gasteiger partial charge in [0, 0.05) is 25.7 Å². The molecule has 0 fully saturated rings. The van der Waals surface area contributed by atoms with Crippen LogP contribution in [0.25, 0.3) is 0 Å². The highest BCUT2D eigenvalue weighted by atomic mass is 16.2. The fourth-order valence-electron chi connectivity index (χ4n) is 1.25. The Morgan fingerprint density at radius 2 is 2.31 bits per heavy atom. The number of anilines is 1. The minimum atomic E-state index is -0.170. The van der Waals surface area contributed by atoms with Gasteiger partial charge in [-0.2, -0.15) is 5.10 Å². The van der Waals surface area contributed by atoms with Gasteiger partial charge >= 0.3 is 6.03 Å². The summed E-state index contributed by atoms with van der Waals surface area (Å²) in [6, 6.07) is -0.170. The fourth-order valence-corrected chi connectivity index (χ4v) is 1.25. The fraction of sp³-hybridized carbons (Fsp3) is 0.600. The number of aromatic nitrogens is 2. The average molecular weight is 225 g/mol. The molecule has 0 aromatic carbocycles. The van der Waals surface area contributed by atoms with E-state index in [0.717, 1.165) is 18.4 Å². The van der Waals surface area contributed by atoms with Crippen molar-refractivity contribution in [3.05, 3.63) is 11.8 Å². The molecule has 1 heterocycles. The van der Waals surface area contributed by atoms with Crippen LogP contribution < -0.4 is 16.4 Å². The summed E-state index contributed by atoms with van der Waals surface area (Å²) < 4.78 is 1.58. The molecule has 2 amide bonds. The molecule has 0 spiro atoms. The first-order chi connectivity index (χ1) is 7.65. The second-order valence-electron chi connectivity index (χ2n) is 3.64. The van der Waals surface area contributed by atoms with Gasteiger partial charge < -0.3 is 16.4 Å². The van der Waals surface area contributed by atoms with Crippen LogP contribution >= 0.6 is 0 Å². The number of unbranched alkanes of at least 4 members (excludes halogenated alkanes) is 1. The van der Waals surface area contributed by atoms with E-state index in [1.54, 1.807) is 17.9 Å². The summed E-state index contributed by atoms with van der Waals surface area (Å²) in [6.07, 6.45) is 3.71. The number of nitrogen functional groups attached to an aromatic ring is 1. The number of rotatable bonds is 5. The molecule has 0 bridgehead atoms. The molecule has 1 rings (SSSR count). The lowest BCUT2D eigenvalue weighted by molar-refractivity contribution is 0.240. The third kappa shape index (κ3) is 3.45. The van der Waals surface area contributed by atoms with Gasteiger partial charge in [0.05, 0.1) is 6.20 Å². The van der Waals surface area contributed by atoms with E-state index >= 15 is 0 Å². The summed E-state index contributed by atoms with van der Waals surface area (Å²) in [5.41, 5.74) is 6.57. The van der Waals surface area contributed by atoms with Gasteiger partial charge in [-0.1, -0.05) is 13.3 Å². The van der Waals surface area contributed by atoms with Gasteiger partial charge in [0.25, 0.3) is 0 Å². The number of nitrogens with two attached hydrogens (primary N) is 1. The third-order valence-electron chi connectivity index (χ3n) is 2.32. The lowest BCUT2D eigenvalue weighted by Crippen LogP contribution is -2.35. The number of amides is 2. The Hall–Kier alpha value is -1.72. The maximum atomic E-state index is 11.3. The standard InChI is InChI=1S/C10H19N5O/c1-3-4-5-12-10(16)13-6-8-7-14-15(2)9(8)11/h7H,3-6,11H2,1-2H3,(H2,12,13,16). The number of nitrogens with one attached hydrogen (secondary N) is 2. The first kappa shape index (κ1) is 12.4. The number of carbonyl (C=O) groups excluding carboxylic acids is 1. The highest BCUT2D eigenvalue weighted by molar-refractivity contribution is 5.73. The Labute approximate surface area is 95.2 Å². The number of aryl methyl sites for hydroxylation is 1. The Bertz CT molecular complexity index is 347. The van der Waals surface area contributed by atoms with Crippen molar-refractivity contribution in [3.8, 4) is 0 Å². The van der Waals surface area contributed by atoms with Crippen molar-refractivity contribution in [1.29, 1.82) is 0 Å². The van der Waals surface area contributed by atoms with Crippen LogP contribution in [-0.2, 0) is 13.6 Å². The van der Waals surface area contributed by atoms with Crippen molar-refractivity contribution < 1.29 is 4.79 Å². The van der Waals surface area contributed by atoms with Crippen molar-refractivity contribution in [2.45, 2.75) is 26.3 Å². The largest absolute Gasteiger partial charge is 0.384 e. The molecule has 0 saturated carbocycles. The van der Waals surface area contributed by atoms with Crippen molar-refractivity contribution in [1.82, 2.24) is 20.4 Å². The molecular formula is C10H19N5O. The minimum Gasteiger partial charge on any atom is -0.384 e. The molecule has 0 aliphatic rings. The van der Waals surface area contributed by atoms with Crippen LogP contribution in [0.5, 0.6) is 0 Å². The third-order valence-corrected chi connectivity index (χ3v) is 2.32. The topological polar surface area (TPSA) is 85.0 Å². The van der Waals surface area contributed by atoms with Gasteiger partial charge in [-0.05, 0) is 6.42 Å². The number of urea groups is 1.